The third kappa shape index (κ3) is 3.64. The molecule has 0 aliphatic rings. The lowest BCUT2D eigenvalue weighted by Gasteiger charge is -2.05. The standard InChI is InChI=1S/C12H11BrFNO3S2/c13-12-11(5-10(7-16)19-12)20(17,18)15-6-8-1-3-9(14)4-2-8/h1-5,15-16H,6-7H2. The van der Waals surface area contributed by atoms with Crippen molar-refractivity contribution in [3.63, 3.8) is 0 Å². The lowest BCUT2D eigenvalue weighted by atomic mass is 10.2. The predicted octanol–water partition coefficient (Wildman–Crippen LogP) is 2.62. The summed E-state index contributed by atoms with van der Waals surface area (Å²) in [6.45, 7) is -0.143. The molecule has 4 nitrogen and oxygen atoms in total. The van der Waals surface area contributed by atoms with Gasteiger partial charge in [-0.25, -0.2) is 17.5 Å². The maximum absolute atomic E-state index is 12.8. The minimum Gasteiger partial charge on any atom is -0.391 e. The molecule has 2 N–H and O–H groups in total. The normalized spacial score (nSPS) is 11.8. The van der Waals surface area contributed by atoms with Crippen LogP contribution in [0.15, 0.2) is 39.0 Å². The van der Waals surface area contributed by atoms with Gasteiger partial charge in [-0.05, 0) is 39.7 Å². The molecule has 0 aliphatic carbocycles. The molecule has 0 fully saturated rings. The molecular weight excluding hydrogens is 369 g/mol. The Hall–Kier alpha value is -0.800. The Bertz CT molecular complexity index is 698. The highest BCUT2D eigenvalue weighted by atomic mass is 79.9. The summed E-state index contributed by atoms with van der Waals surface area (Å²) >= 11 is 4.33. The van der Waals surface area contributed by atoms with Crippen molar-refractivity contribution in [1.29, 1.82) is 0 Å². The monoisotopic (exact) mass is 379 g/mol. The second kappa shape index (κ2) is 6.31. The molecule has 108 valence electrons. The van der Waals surface area contributed by atoms with Crippen LogP contribution in [0.2, 0.25) is 0 Å². The largest absolute Gasteiger partial charge is 0.391 e. The summed E-state index contributed by atoms with van der Waals surface area (Å²) in [6, 6.07) is 6.99. The van der Waals surface area contributed by atoms with Crippen LogP contribution in [0, 0.1) is 5.82 Å². The topological polar surface area (TPSA) is 66.4 Å². The first-order valence-electron chi connectivity index (χ1n) is 5.55. The molecule has 8 heteroatoms. The molecule has 1 aromatic carbocycles. The maximum atomic E-state index is 12.8. The molecule has 0 aliphatic heterocycles. The Morgan fingerprint density at radius 2 is 1.95 bits per heavy atom. The van der Waals surface area contributed by atoms with Crippen LogP contribution in [0.1, 0.15) is 10.4 Å². The van der Waals surface area contributed by atoms with Crippen LogP contribution in [0.3, 0.4) is 0 Å². The number of benzene rings is 1. The van der Waals surface area contributed by atoms with Gasteiger partial charge in [0.1, 0.15) is 10.7 Å². The van der Waals surface area contributed by atoms with Gasteiger partial charge in [-0.3, -0.25) is 0 Å². The van der Waals surface area contributed by atoms with E-state index in [-0.39, 0.29) is 23.9 Å². The molecule has 1 aromatic heterocycles. The van der Waals surface area contributed by atoms with Gasteiger partial charge in [0.05, 0.1) is 10.4 Å². The Labute approximate surface area is 128 Å². The van der Waals surface area contributed by atoms with E-state index < -0.39 is 10.0 Å². The number of aliphatic hydroxyl groups excluding tert-OH is 1. The van der Waals surface area contributed by atoms with E-state index in [0.717, 1.165) is 11.3 Å². The highest BCUT2D eigenvalue weighted by molar-refractivity contribution is 9.11. The molecule has 0 spiro atoms. The van der Waals surface area contributed by atoms with Crippen molar-refractivity contribution in [2.24, 2.45) is 0 Å². The van der Waals surface area contributed by atoms with E-state index in [2.05, 4.69) is 20.7 Å². The van der Waals surface area contributed by atoms with E-state index in [4.69, 9.17) is 5.11 Å². The number of hydrogen-bond donors (Lipinski definition) is 2. The van der Waals surface area contributed by atoms with Crippen molar-refractivity contribution in [3.05, 3.63) is 50.4 Å². The fraction of sp³-hybridized carbons (Fsp3) is 0.167. The Morgan fingerprint density at radius 1 is 1.30 bits per heavy atom. The summed E-state index contributed by atoms with van der Waals surface area (Å²) in [5.74, 6) is -0.371. The maximum Gasteiger partial charge on any atom is 0.242 e. The SMILES string of the molecule is O=S(=O)(NCc1ccc(F)cc1)c1cc(CO)sc1Br. The quantitative estimate of drug-likeness (QED) is 0.838. The number of rotatable bonds is 5. The highest BCUT2D eigenvalue weighted by Gasteiger charge is 2.20. The van der Waals surface area contributed by atoms with Crippen molar-refractivity contribution < 1.29 is 17.9 Å². The van der Waals surface area contributed by atoms with Crippen molar-refractivity contribution in [1.82, 2.24) is 4.72 Å². The second-order valence-electron chi connectivity index (χ2n) is 3.96. The van der Waals surface area contributed by atoms with Gasteiger partial charge in [0.25, 0.3) is 0 Å². The lowest BCUT2D eigenvalue weighted by Crippen LogP contribution is -2.23. The van der Waals surface area contributed by atoms with Crippen LogP contribution in [0.25, 0.3) is 0 Å². The molecule has 2 rings (SSSR count). The first-order valence-corrected chi connectivity index (χ1v) is 8.65. The van der Waals surface area contributed by atoms with E-state index in [0.29, 0.717) is 14.2 Å². The number of hydrogen-bond acceptors (Lipinski definition) is 4. The number of halogens is 2. The fourth-order valence-electron chi connectivity index (χ4n) is 1.52. The Balaban J connectivity index is 2.14. The van der Waals surface area contributed by atoms with Crippen LogP contribution >= 0.6 is 27.3 Å². The van der Waals surface area contributed by atoms with E-state index in [9.17, 15) is 12.8 Å². The van der Waals surface area contributed by atoms with Gasteiger partial charge in [-0.15, -0.1) is 11.3 Å². The van der Waals surface area contributed by atoms with E-state index in [1.165, 1.54) is 30.3 Å². The number of sulfonamides is 1. The van der Waals surface area contributed by atoms with Crippen molar-refractivity contribution in [3.8, 4) is 0 Å². The molecule has 2 aromatic rings. The zero-order chi connectivity index (χ0) is 14.8. The van der Waals surface area contributed by atoms with Gasteiger partial charge in [0, 0.05) is 11.4 Å². The van der Waals surface area contributed by atoms with Gasteiger partial charge in [-0.2, -0.15) is 0 Å². The van der Waals surface area contributed by atoms with Crippen molar-refractivity contribution in [2.45, 2.75) is 18.0 Å². The van der Waals surface area contributed by atoms with E-state index in [1.807, 2.05) is 0 Å². The molecule has 0 unspecified atom stereocenters. The number of nitrogens with one attached hydrogen (secondary N) is 1. The summed E-state index contributed by atoms with van der Waals surface area (Å²) < 4.78 is 39.9. The van der Waals surface area contributed by atoms with E-state index in [1.54, 1.807) is 0 Å². The zero-order valence-electron chi connectivity index (χ0n) is 10.1. The van der Waals surface area contributed by atoms with Crippen LogP contribution < -0.4 is 4.72 Å². The minimum absolute atomic E-state index is 0.0688. The highest BCUT2D eigenvalue weighted by Crippen LogP contribution is 2.31. The van der Waals surface area contributed by atoms with Crippen LogP contribution in [0.5, 0.6) is 0 Å². The summed E-state index contributed by atoms with van der Waals surface area (Å²) in [5, 5.41) is 9.01. The average Bonchev–Trinajstić information content (AvgIpc) is 2.80. The van der Waals surface area contributed by atoms with E-state index >= 15 is 0 Å². The van der Waals surface area contributed by atoms with Gasteiger partial charge in [0.2, 0.25) is 10.0 Å². The molecular formula is C12H11BrFNO3S2. The van der Waals surface area contributed by atoms with Crippen LogP contribution in [-0.2, 0) is 23.2 Å². The molecule has 0 saturated carbocycles. The second-order valence-corrected chi connectivity index (χ2v) is 8.15. The summed E-state index contributed by atoms with van der Waals surface area (Å²) in [4.78, 5) is 0.646. The summed E-state index contributed by atoms with van der Waals surface area (Å²) in [7, 11) is -3.68. The summed E-state index contributed by atoms with van der Waals surface area (Å²) in [5.41, 5.74) is 0.656. The van der Waals surface area contributed by atoms with Gasteiger partial charge < -0.3 is 5.11 Å². The molecule has 20 heavy (non-hydrogen) atoms. The smallest absolute Gasteiger partial charge is 0.242 e. The molecule has 1 heterocycles. The van der Waals surface area contributed by atoms with Crippen LogP contribution in [0.4, 0.5) is 4.39 Å². The molecule has 0 bridgehead atoms. The summed E-state index contributed by atoms with van der Waals surface area (Å²) in [6.07, 6.45) is 0. The van der Waals surface area contributed by atoms with Gasteiger partial charge in [0.15, 0.2) is 0 Å². The molecule has 0 radical (unpaired) electrons. The van der Waals surface area contributed by atoms with Gasteiger partial charge >= 0.3 is 0 Å². The average molecular weight is 380 g/mol. The van der Waals surface area contributed by atoms with Crippen LogP contribution in [-0.4, -0.2) is 13.5 Å². The first-order chi connectivity index (χ1) is 9.42. The predicted molar refractivity (Wildman–Crippen MR) is 78.4 cm³/mol. The lowest BCUT2D eigenvalue weighted by molar-refractivity contribution is 0.285. The third-order valence-corrected chi connectivity index (χ3v) is 6.17. The number of thiophene rings is 1. The molecule has 0 atom stereocenters. The van der Waals surface area contributed by atoms with Crippen molar-refractivity contribution >= 4 is 37.3 Å². The first kappa shape index (κ1) is 15.6. The third-order valence-electron chi connectivity index (χ3n) is 2.53. The Morgan fingerprint density at radius 3 is 2.50 bits per heavy atom. The molecule has 0 saturated heterocycles. The minimum atomic E-state index is -3.68. The fourth-order valence-corrected chi connectivity index (χ4v) is 5.08. The van der Waals surface area contributed by atoms with Gasteiger partial charge in [-0.1, -0.05) is 12.1 Å². The number of aliphatic hydroxyl groups is 1. The molecule has 0 amide bonds. The Kier molecular flexibility index (Phi) is 4.92. The zero-order valence-corrected chi connectivity index (χ0v) is 13.4. The van der Waals surface area contributed by atoms with Crippen molar-refractivity contribution in [2.75, 3.05) is 0 Å².